The summed E-state index contributed by atoms with van der Waals surface area (Å²) in [7, 11) is 0. The maximum absolute atomic E-state index is 15.2. The highest BCUT2D eigenvalue weighted by Gasteiger charge is 2.40. The fraction of sp³-hybridized carbons (Fsp3) is 0.304. The molecule has 0 radical (unpaired) electrons. The van der Waals surface area contributed by atoms with Gasteiger partial charge in [-0.3, -0.25) is 9.36 Å². The molecule has 2 aromatic heterocycles. The lowest BCUT2D eigenvalue weighted by Gasteiger charge is -2.19. The highest BCUT2D eigenvalue weighted by Crippen LogP contribution is 2.37. The Morgan fingerprint density at radius 3 is 2.29 bits per heavy atom. The van der Waals surface area contributed by atoms with E-state index in [2.05, 4.69) is 10.2 Å². The zero-order chi connectivity index (χ0) is 25.7. The number of rotatable bonds is 5. The van der Waals surface area contributed by atoms with Gasteiger partial charge in [0.15, 0.2) is 5.82 Å². The maximum Gasteiger partial charge on any atom is 0.397 e. The second-order valence-corrected chi connectivity index (χ2v) is 8.01. The molecule has 0 fully saturated rings. The SMILES string of the molecule is CCn1c(CO)nn(-c2cc3c([C@@H](C)C(F)(F)F)nn(-c4ccccc4C)c(=O)c3cc2F)c1=O. The number of aliphatic hydroxyl groups excluding tert-OH is 1. The van der Waals surface area contributed by atoms with E-state index in [9.17, 15) is 27.9 Å². The molecule has 1 atom stereocenters. The monoisotopic (exact) mass is 491 g/mol. The molecule has 0 unspecified atom stereocenters. The van der Waals surface area contributed by atoms with E-state index < -0.39 is 47.1 Å². The summed E-state index contributed by atoms with van der Waals surface area (Å²) in [5.41, 5.74) is -1.75. The van der Waals surface area contributed by atoms with Crippen LogP contribution in [0.5, 0.6) is 0 Å². The number of aromatic nitrogens is 5. The van der Waals surface area contributed by atoms with E-state index in [1.807, 2.05) is 0 Å². The normalized spacial score (nSPS) is 12.9. The third kappa shape index (κ3) is 4.03. The van der Waals surface area contributed by atoms with Crippen LogP contribution in [-0.2, 0) is 13.2 Å². The fourth-order valence-electron chi connectivity index (χ4n) is 3.90. The van der Waals surface area contributed by atoms with Gasteiger partial charge in [0.1, 0.15) is 18.1 Å². The van der Waals surface area contributed by atoms with Crippen LogP contribution in [0, 0.1) is 12.7 Å². The summed E-state index contributed by atoms with van der Waals surface area (Å²) >= 11 is 0. The van der Waals surface area contributed by atoms with Crippen LogP contribution in [0.25, 0.3) is 22.1 Å². The van der Waals surface area contributed by atoms with E-state index in [0.29, 0.717) is 10.2 Å². The van der Waals surface area contributed by atoms with Gasteiger partial charge in [-0.1, -0.05) is 18.2 Å². The smallest absolute Gasteiger partial charge is 0.388 e. The lowest BCUT2D eigenvalue weighted by atomic mass is 10.00. The zero-order valence-electron chi connectivity index (χ0n) is 19.0. The van der Waals surface area contributed by atoms with Crippen molar-refractivity contribution in [2.45, 2.75) is 46.0 Å². The van der Waals surface area contributed by atoms with Gasteiger partial charge in [0.2, 0.25) is 0 Å². The summed E-state index contributed by atoms with van der Waals surface area (Å²) in [6.45, 7) is 3.69. The third-order valence-corrected chi connectivity index (χ3v) is 5.86. The van der Waals surface area contributed by atoms with E-state index in [4.69, 9.17) is 0 Å². The predicted molar refractivity (Wildman–Crippen MR) is 119 cm³/mol. The first-order valence-electron chi connectivity index (χ1n) is 10.7. The minimum atomic E-state index is -4.72. The van der Waals surface area contributed by atoms with E-state index in [1.165, 1.54) is 6.07 Å². The van der Waals surface area contributed by atoms with Crippen molar-refractivity contribution in [2.24, 2.45) is 0 Å². The second kappa shape index (κ2) is 8.77. The molecule has 4 rings (SSSR count). The van der Waals surface area contributed by atoms with Crippen LogP contribution in [0.15, 0.2) is 46.0 Å². The van der Waals surface area contributed by atoms with Crippen LogP contribution >= 0.6 is 0 Å². The first-order valence-corrected chi connectivity index (χ1v) is 10.7. The van der Waals surface area contributed by atoms with Crippen molar-refractivity contribution >= 4 is 10.8 Å². The lowest BCUT2D eigenvalue weighted by molar-refractivity contribution is -0.147. The Bertz CT molecular complexity index is 1550. The van der Waals surface area contributed by atoms with Gasteiger partial charge in [0, 0.05) is 11.9 Å². The molecule has 35 heavy (non-hydrogen) atoms. The molecule has 2 heterocycles. The number of nitrogens with zero attached hydrogens (tertiary/aromatic N) is 5. The van der Waals surface area contributed by atoms with Gasteiger partial charge in [-0.2, -0.15) is 27.6 Å². The molecule has 184 valence electrons. The van der Waals surface area contributed by atoms with Crippen molar-refractivity contribution in [3.8, 4) is 11.4 Å². The van der Waals surface area contributed by atoms with Crippen LogP contribution in [0.1, 0.15) is 36.8 Å². The van der Waals surface area contributed by atoms with Crippen LogP contribution in [0.4, 0.5) is 17.6 Å². The highest BCUT2D eigenvalue weighted by atomic mass is 19.4. The Balaban J connectivity index is 2.10. The Morgan fingerprint density at radius 2 is 1.71 bits per heavy atom. The Labute approximate surface area is 195 Å². The van der Waals surface area contributed by atoms with Gasteiger partial charge >= 0.3 is 11.9 Å². The second-order valence-electron chi connectivity index (χ2n) is 8.01. The summed E-state index contributed by atoms with van der Waals surface area (Å²) < 4.78 is 59.2. The Morgan fingerprint density at radius 1 is 1.03 bits per heavy atom. The first kappa shape index (κ1) is 24.3. The van der Waals surface area contributed by atoms with Gasteiger partial charge < -0.3 is 5.11 Å². The molecule has 0 aliphatic heterocycles. The van der Waals surface area contributed by atoms with Crippen molar-refractivity contribution in [1.82, 2.24) is 24.1 Å². The van der Waals surface area contributed by atoms with E-state index in [1.54, 1.807) is 32.0 Å². The Kier molecular flexibility index (Phi) is 6.09. The number of halogens is 4. The number of alkyl halides is 3. The number of hydrogen-bond acceptors (Lipinski definition) is 5. The standard InChI is InChI=1S/C23H21F4N5O3/c1-4-30-19(11-33)28-32(22(30)35)18-10-14-15(9-16(18)24)21(34)31(17-8-6-5-7-12(17)2)29-20(14)13(3)23(25,26)27/h5-10,13,33H,4,11H2,1-3H3/t13-/m1/s1. The van der Waals surface area contributed by atoms with E-state index in [-0.39, 0.29) is 28.8 Å². The number of aliphatic hydroxyl groups is 1. The Hall–Kier alpha value is -3.80. The van der Waals surface area contributed by atoms with Gasteiger partial charge in [0.25, 0.3) is 5.56 Å². The van der Waals surface area contributed by atoms with Crippen molar-refractivity contribution in [2.75, 3.05) is 0 Å². The lowest BCUT2D eigenvalue weighted by Crippen LogP contribution is -2.28. The average Bonchev–Trinajstić information content (AvgIpc) is 3.14. The fourth-order valence-corrected chi connectivity index (χ4v) is 3.90. The van der Waals surface area contributed by atoms with Crippen LogP contribution in [-0.4, -0.2) is 35.4 Å². The van der Waals surface area contributed by atoms with Gasteiger partial charge in [-0.25, -0.2) is 9.18 Å². The van der Waals surface area contributed by atoms with Crippen molar-refractivity contribution in [1.29, 1.82) is 0 Å². The molecule has 1 N–H and O–H groups in total. The molecule has 0 amide bonds. The molecule has 4 aromatic rings. The first-order chi connectivity index (χ1) is 16.5. The summed E-state index contributed by atoms with van der Waals surface area (Å²) in [4.78, 5) is 26.0. The molecule has 0 saturated carbocycles. The molecule has 2 aromatic carbocycles. The molecule has 0 spiro atoms. The number of fused-ring (bicyclic) bond motifs is 1. The maximum atomic E-state index is 15.2. The number of hydrogen-bond donors (Lipinski definition) is 1. The summed E-state index contributed by atoms with van der Waals surface area (Å²) in [5.74, 6) is -3.21. The van der Waals surface area contributed by atoms with Crippen molar-refractivity contribution < 1.29 is 22.7 Å². The molecule has 0 saturated heterocycles. The van der Waals surface area contributed by atoms with Gasteiger partial charge in [-0.05, 0) is 44.5 Å². The summed E-state index contributed by atoms with van der Waals surface area (Å²) in [6, 6.07) is 8.24. The third-order valence-electron chi connectivity index (χ3n) is 5.86. The number of para-hydroxylation sites is 1. The molecule has 0 bridgehead atoms. The minimum Gasteiger partial charge on any atom is -0.388 e. The van der Waals surface area contributed by atoms with Crippen LogP contribution in [0.3, 0.4) is 0 Å². The van der Waals surface area contributed by atoms with Crippen molar-refractivity contribution in [3.63, 3.8) is 0 Å². The molecule has 8 nitrogen and oxygen atoms in total. The van der Waals surface area contributed by atoms with Crippen LogP contribution in [0.2, 0.25) is 0 Å². The molecule has 0 aliphatic rings. The van der Waals surface area contributed by atoms with Gasteiger partial charge in [-0.15, -0.1) is 5.10 Å². The van der Waals surface area contributed by atoms with Crippen molar-refractivity contribution in [3.05, 3.63) is 80.1 Å². The zero-order valence-corrected chi connectivity index (χ0v) is 19.0. The highest BCUT2D eigenvalue weighted by molar-refractivity contribution is 5.86. The van der Waals surface area contributed by atoms with E-state index >= 15 is 4.39 Å². The molecule has 12 heteroatoms. The number of benzene rings is 2. The molecular formula is C23H21F4N5O3. The molecular weight excluding hydrogens is 470 g/mol. The quantitative estimate of drug-likeness (QED) is 0.432. The average molecular weight is 491 g/mol. The van der Waals surface area contributed by atoms with Gasteiger partial charge in [0.05, 0.1) is 22.7 Å². The largest absolute Gasteiger partial charge is 0.397 e. The van der Waals surface area contributed by atoms with E-state index in [0.717, 1.165) is 28.3 Å². The number of aryl methyl sites for hydroxylation is 1. The topological polar surface area (TPSA) is 94.9 Å². The van der Waals surface area contributed by atoms with Crippen LogP contribution < -0.4 is 11.2 Å². The minimum absolute atomic E-state index is 0.0472. The predicted octanol–water partition coefficient (Wildman–Crippen LogP) is 3.36. The summed E-state index contributed by atoms with van der Waals surface area (Å²) in [6.07, 6.45) is -4.72. The molecule has 0 aliphatic carbocycles. The summed E-state index contributed by atoms with van der Waals surface area (Å²) in [5, 5.41) is 16.8.